The number of amides is 1. The van der Waals surface area contributed by atoms with E-state index in [0.717, 1.165) is 38.5 Å². The van der Waals surface area contributed by atoms with E-state index in [0.29, 0.717) is 6.42 Å². The largest absolute Gasteiger partial charge is 0.394 e. The summed E-state index contributed by atoms with van der Waals surface area (Å²) >= 11 is 0. The average Bonchev–Trinajstić information content (AvgIpc) is 3.46. The molecule has 0 aromatic rings. The molecule has 9 heteroatoms. The number of carbonyl (C=O) groups excluding carboxylic acids is 1. The first-order chi connectivity index (χ1) is 39.3. The fourth-order valence-electron chi connectivity index (χ4n) is 11.4. The summed E-state index contributed by atoms with van der Waals surface area (Å²) in [5, 5.41) is 54.7. The van der Waals surface area contributed by atoms with Crippen LogP contribution in [-0.2, 0) is 14.3 Å². The Morgan fingerprint density at radius 1 is 0.412 bits per heavy atom. The minimum Gasteiger partial charge on any atom is -0.394 e. The predicted molar refractivity (Wildman–Crippen MR) is 341 cm³/mol. The van der Waals surface area contributed by atoms with Gasteiger partial charge in [-0.1, -0.05) is 326 Å². The molecule has 7 unspecified atom stereocenters. The van der Waals surface area contributed by atoms with Crippen LogP contribution in [0.2, 0.25) is 0 Å². The highest BCUT2D eigenvalue weighted by atomic mass is 16.7. The maximum Gasteiger partial charge on any atom is 0.220 e. The zero-order valence-corrected chi connectivity index (χ0v) is 52.9. The molecule has 1 heterocycles. The van der Waals surface area contributed by atoms with E-state index < -0.39 is 49.5 Å². The smallest absolute Gasteiger partial charge is 0.220 e. The van der Waals surface area contributed by atoms with Crippen molar-refractivity contribution in [1.29, 1.82) is 0 Å². The number of carbonyl (C=O) groups is 1. The van der Waals surface area contributed by atoms with Crippen molar-refractivity contribution >= 4 is 5.91 Å². The van der Waals surface area contributed by atoms with Gasteiger partial charge in [0.25, 0.3) is 0 Å². The predicted octanol–water partition coefficient (Wildman–Crippen LogP) is 19.0. The fourth-order valence-corrected chi connectivity index (χ4v) is 11.4. The minimum absolute atomic E-state index is 0.179. The molecule has 1 aliphatic heterocycles. The van der Waals surface area contributed by atoms with E-state index in [1.165, 1.54) is 295 Å². The second-order valence-electron chi connectivity index (χ2n) is 24.7. The van der Waals surface area contributed by atoms with Crippen LogP contribution in [0, 0.1) is 0 Å². The monoisotopic (exact) mass is 1130 g/mol. The van der Waals surface area contributed by atoms with Crippen molar-refractivity contribution < 1.29 is 39.8 Å². The molecule has 7 atom stereocenters. The number of rotatable bonds is 62. The molecule has 80 heavy (non-hydrogen) atoms. The van der Waals surface area contributed by atoms with E-state index in [1.807, 2.05) is 6.08 Å². The molecule has 1 amide bonds. The lowest BCUT2D eigenvalue weighted by atomic mass is 9.99. The lowest BCUT2D eigenvalue weighted by molar-refractivity contribution is -0.302. The molecule has 9 nitrogen and oxygen atoms in total. The standard InChI is InChI=1S/C71H135NO8/c1-3-5-7-9-11-13-15-17-19-21-23-25-27-29-31-32-33-34-35-37-39-41-43-45-47-49-51-53-55-57-59-61-67(75)72-64(63-79-71-70(78)69(77)68(76)66(62-73)80-71)65(74)60-58-56-54-52-50-48-46-44-42-40-38-36-30-28-26-24-22-20-18-16-14-12-10-8-6-4-2/h21,23,50,52,58,60,64-66,68-71,73-74,76-78H,3-20,22,24-49,51,53-57,59,61-63H2,1-2H3,(H,72,75)/b23-21-,52-50+,60-58+. The van der Waals surface area contributed by atoms with Crippen LogP contribution in [0.15, 0.2) is 36.5 Å². The molecule has 1 saturated heterocycles. The van der Waals surface area contributed by atoms with Crippen LogP contribution in [-0.4, -0.2) is 87.5 Å². The van der Waals surface area contributed by atoms with Crippen molar-refractivity contribution in [2.75, 3.05) is 13.2 Å². The van der Waals surface area contributed by atoms with E-state index in [-0.39, 0.29) is 12.5 Å². The first-order valence-electron chi connectivity index (χ1n) is 35.2. The second kappa shape index (κ2) is 60.5. The Balaban J connectivity index is 2.14. The van der Waals surface area contributed by atoms with Crippen LogP contribution >= 0.6 is 0 Å². The van der Waals surface area contributed by atoms with Gasteiger partial charge in [-0.25, -0.2) is 0 Å². The van der Waals surface area contributed by atoms with E-state index in [4.69, 9.17) is 9.47 Å². The highest BCUT2D eigenvalue weighted by Gasteiger charge is 2.44. The number of hydrogen-bond acceptors (Lipinski definition) is 8. The summed E-state index contributed by atoms with van der Waals surface area (Å²) in [4.78, 5) is 13.1. The normalized spacial score (nSPS) is 18.6. The summed E-state index contributed by atoms with van der Waals surface area (Å²) in [6.07, 6.45) is 74.0. The third kappa shape index (κ3) is 48.7. The summed E-state index contributed by atoms with van der Waals surface area (Å²) in [7, 11) is 0. The van der Waals surface area contributed by atoms with E-state index >= 15 is 0 Å². The quantitative estimate of drug-likeness (QED) is 0.0261. The van der Waals surface area contributed by atoms with Crippen molar-refractivity contribution in [3.63, 3.8) is 0 Å². The molecule has 6 N–H and O–H groups in total. The van der Waals surface area contributed by atoms with Crippen molar-refractivity contribution in [2.45, 2.75) is 397 Å². The van der Waals surface area contributed by atoms with Crippen LogP contribution in [0.1, 0.15) is 354 Å². The number of nitrogens with one attached hydrogen (secondary N) is 1. The Labute approximate surface area is 495 Å². The highest BCUT2D eigenvalue weighted by Crippen LogP contribution is 2.23. The zero-order valence-electron chi connectivity index (χ0n) is 52.9. The molecule has 0 spiro atoms. The van der Waals surface area contributed by atoms with Gasteiger partial charge in [-0.15, -0.1) is 0 Å². The summed E-state index contributed by atoms with van der Waals surface area (Å²) < 4.78 is 11.3. The van der Waals surface area contributed by atoms with Crippen LogP contribution in [0.25, 0.3) is 0 Å². The number of aliphatic hydroxyl groups is 5. The van der Waals surface area contributed by atoms with Gasteiger partial charge in [-0.2, -0.15) is 0 Å². The molecule has 0 aliphatic carbocycles. The van der Waals surface area contributed by atoms with Gasteiger partial charge in [-0.3, -0.25) is 4.79 Å². The van der Waals surface area contributed by atoms with E-state index in [2.05, 4.69) is 43.5 Å². The molecule has 0 bridgehead atoms. The van der Waals surface area contributed by atoms with Crippen LogP contribution < -0.4 is 5.32 Å². The number of allylic oxidation sites excluding steroid dienone is 5. The Hall–Kier alpha value is -1.59. The molecule has 0 radical (unpaired) electrons. The summed E-state index contributed by atoms with van der Waals surface area (Å²) in [6.45, 7) is 3.82. The van der Waals surface area contributed by atoms with Gasteiger partial charge in [0.2, 0.25) is 5.91 Å². The maximum absolute atomic E-state index is 13.1. The Morgan fingerprint density at radius 2 is 0.713 bits per heavy atom. The maximum atomic E-state index is 13.1. The molecule has 1 aliphatic rings. The van der Waals surface area contributed by atoms with Crippen molar-refractivity contribution in [3.8, 4) is 0 Å². The molecule has 0 aromatic carbocycles. The van der Waals surface area contributed by atoms with Crippen LogP contribution in [0.4, 0.5) is 0 Å². The van der Waals surface area contributed by atoms with Crippen molar-refractivity contribution in [2.24, 2.45) is 0 Å². The lowest BCUT2D eigenvalue weighted by Crippen LogP contribution is -2.60. The van der Waals surface area contributed by atoms with Gasteiger partial charge >= 0.3 is 0 Å². The van der Waals surface area contributed by atoms with E-state index in [9.17, 15) is 30.3 Å². The first-order valence-corrected chi connectivity index (χ1v) is 35.2. The van der Waals surface area contributed by atoms with Gasteiger partial charge in [0.05, 0.1) is 25.4 Å². The molecule has 1 rings (SSSR count). The Kier molecular flexibility index (Phi) is 57.8. The molecule has 0 aromatic heterocycles. The summed E-state index contributed by atoms with van der Waals surface area (Å²) in [6, 6.07) is -0.822. The average molecular weight is 1130 g/mol. The summed E-state index contributed by atoms with van der Waals surface area (Å²) in [5.74, 6) is -0.179. The molecule has 1 fully saturated rings. The van der Waals surface area contributed by atoms with Crippen LogP contribution in [0.3, 0.4) is 0 Å². The molecule has 0 saturated carbocycles. The Morgan fingerprint density at radius 3 is 1.05 bits per heavy atom. The van der Waals surface area contributed by atoms with Crippen molar-refractivity contribution in [1.82, 2.24) is 5.32 Å². The van der Waals surface area contributed by atoms with Gasteiger partial charge in [0, 0.05) is 6.42 Å². The van der Waals surface area contributed by atoms with Crippen molar-refractivity contribution in [3.05, 3.63) is 36.5 Å². The SMILES string of the molecule is CCCCCCCCCC/C=C\CCCCCCCCCCCCCCCCCCCCCC(=O)NC(COC1OC(CO)C(O)C(O)C1O)C(O)/C=C/CC/C=C/CCCCCCCCCCCCCCCCCCCCCC. The van der Waals surface area contributed by atoms with Crippen LogP contribution in [0.5, 0.6) is 0 Å². The number of aliphatic hydroxyl groups excluding tert-OH is 5. The second-order valence-corrected chi connectivity index (χ2v) is 24.7. The van der Waals surface area contributed by atoms with Gasteiger partial charge in [0.15, 0.2) is 6.29 Å². The molecular weight excluding hydrogens is 995 g/mol. The van der Waals surface area contributed by atoms with Gasteiger partial charge < -0.3 is 40.3 Å². The first kappa shape index (κ1) is 76.4. The third-order valence-electron chi connectivity index (χ3n) is 16.9. The highest BCUT2D eigenvalue weighted by molar-refractivity contribution is 5.76. The number of unbranched alkanes of at least 4 members (excludes halogenated alkanes) is 48. The Bertz CT molecular complexity index is 1360. The number of hydrogen-bond donors (Lipinski definition) is 6. The lowest BCUT2D eigenvalue weighted by Gasteiger charge is -2.40. The molecular formula is C71H135NO8. The fraction of sp³-hybridized carbons (Fsp3) is 0.901. The summed E-state index contributed by atoms with van der Waals surface area (Å²) in [5.41, 5.74) is 0. The van der Waals surface area contributed by atoms with Gasteiger partial charge in [-0.05, 0) is 57.8 Å². The third-order valence-corrected chi connectivity index (χ3v) is 16.9. The minimum atomic E-state index is -1.57. The van der Waals surface area contributed by atoms with Gasteiger partial charge in [0.1, 0.15) is 24.4 Å². The number of ether oxygens (including phenoxy) is 2. The topological polar surface area (TPSA) is 149 Å². The zero-order chi connectivity index (χ0) is 57.9. The molecule has 472 valence electrons. The van der Waals surface area contributed by atoms with E-state index in [1.54, 1.807) is 6.08 Å².